The first-order valence-corrected chi connectivity index (χ1v) is 7.04. The molecule has 0 radical (unpaired) electrons. The molecule has 2 fully saturated rings. The third kappa shape index (κ3) is 2.69. The van der Waals surface area contributed by atoms with Crippen LogP contribution in [0, 0.1) is 5.41 Å². The van der Waals surface area contributed by atoms with Crippen molar-refractivity contribution < 1.29 is 9.53 Å². The van der Waals surface area contributed by atoms with E-state index in [9.17, 15) is 4.79 Å². The van der Waals surface area contributed by atoms with E-state index < -0.39 is 0 Å². The van der Waals surface area contributed by atoms with E-state index in [1.165, 1.54) is 0 Å². The van der Waals surface area contributed by atoms with Gasteiger partial charge in [0.15, 0.2) is 0 Å². The van der Waals surface area contributed by atoms with Crippen molar-refractivity contribution in [1.82, 2.24) is 10.2 Å². The van der Waals surface area contributed by atoms with Gasteiger partial charge < -0.3 is 15.0 Å². The zero-order valence-corrected chi connectivity index (χ0v) is 11.9. The van der Waals surface area contributed by atoms with Gasteiger partial charge in [-0.15, -0.1) is 0 Å². The lowest BCUT2D eigenvalue weighted by molar-refractivity contribution is -0.150. The molecule has 0 bridgehead atoms. The maximum Gasteiger partial charge on any atom is 0.228 e. The van der Waals surface area contributed by atoms with Gasteiger partial charge in [0.2, 0.25) is 5.91 Å². The first-order valence-electron chi connectivity index (χ1n) is 7.04. The molecule has 1 N–H and O–H groups in total. The molecule has 2 aliphatic rings. The molecule has 18 heavy (non-hydrogen) atoms. The van der Waals surface area contributed by atoms with Gasteiger partial charge in [0, 0.05) is 25.6 Å². The predicted octanol–water partition coefficient (Wildman–Crippen LogP) is 1.40. The fourth-order valence-corrected chi connectivity index (χ4v) is 3.12. The van der Waals surface area contributed by atoms with Crippen molar-refractivity contribution in [3.05, 3.63) is 0 Å². The minimum atomic E-state index is -0.169. The first-order chi connectivity index (χ1) is 8.49. The van der Waals surface area contributed by atoms with Gasteiger partial charge >= 0.3 is 0 Å². The highest BCUT2D eigenvalue weighted by Crippen LogP contribution is 2.33. The zero-order chi connectivity index (χ0) is 13.2. The van der Waals surface area contributed by atoms with E-state index in [0.29, 0.717) is 5.91 Å². The standard InChI is InChI=1S/C14H26N2O2/c1-13(6-8-15-9-7-13)12(17)16-10-4-5-14(2,11-16)18-3/h15H,4-11H2,1-3H3. The summed E-state index contributed by atoms with van der Waals surface area (Å²) in [5.41, 5.74) is -0.325. The minimum Gasteiger partial charge on any atom is -0.377 e. The molecule has 2 saturated heterocycles. The molecule has 2 rings (SSSR count). The van der Waals surface area contributed by atoms with Crippen LogP contribution in [-0.4, -0.2) is 49.7 Å². The van der Waals surface area contributed by atoms with Crippen molar-refractivity contribution in [3.8, 4) is 0 Å². The lowest BCUT2D eigenvalue weighted by Crippen LogP contribution is -2.55. The Balaban J connectivity index is 2.04. The van der Waals surface area contributed by atoms with Crippen molar-refractivity contribution in [3.63, 3.8) is 0 Å². The quantitative estimate of drug-likeness (QED) is 0.810. The van der Waals surface area contributed by atoms with Crippen LogP contribution in [0.5, 0.6) is 0 Å². The molecular formula is C14H26N2O2. The second kappa shape index (κ2) is 5.17. The number of piperidine rings is 2. The average Bonchev–Trinajstić information content (AvgIpc) is 2.39. The number of likely N-dealkylation sites (tertiary alicyclic amines) is 1. The normalized spacial score (nSPS) is 32.3. The molecule has 104 valence electrons. The maximum absolute atomic E-state index is 12.7. The summed E-state index contributed by atoms with van der Waals surface area (Å²) < 4.78 is 5.57. The van der Waals surface area contributed by atoms with Crippen LogP contribution >= 0.6 is 0 Å². The molecule has 0 aliphatic carbocycles. The average molecular weight is 254 g/mol. The van der Waals surface area contributed by atoms with Gasteiger partial charge in [0.25, 0.3) is 0 Å². The molecular weight excluding hydrogens is 228 g/mol. The largest absolute Gasteiger partial charge is 0.377 e. The number of nitrogens with one attached hydrogen (secondary N) is 1. The van der Waals surface area contributed by atoms with Crippen LogP contribution in [0.4, 0.5) is 0 Å². The highest BCUT2D eigenvalue weighted by atomic mass is 16.5. The fourth-order valence-electron chi connectivity index (χ4n) is 3.12. The van der Waals surface area contributed by atoms with Gasteiger partial charge in [0.05, 0.1) is 5.60 Å². The Morgan fingerprint density at radius 3 is 2.50 bits per heavy atom. The van der Waals surface area contributed by atoms with E-state index in [1.807, 2.05) is 4.90 Å². The summed E-state index contributed by atoms with van der Waals surface area (Å²) in [5, 5.41) is 3.33. The number of hydrogen-bond acceptors (Lipinski definition) is 3. The first kappa shape index (κ1) is 13.8. The molecule has 1 amide bonds. The predicted molar refractivity (Wildman–Crippen MR) is 71.4 cm³/mol. The van der Waals surface area contributed by atoms with Crippen molar-refractivity contribution in [2.24, 2.45) is 5.41 Å². The maximum atomic E-state index is 12.7. The van der Waals surface area contributed by atoms with Crippen molar-refractivity contribution in [2.45, 2.75) is 45.1 Å². The Morgan fingerprint density at radius 2 is 1.89 bits per heavy atom. The van der Waals surface area contributed by atoms with Crippen molar-refractivity contribution in [1.29, 1.82) is 0 Å². The van der Waals surface area contributed by atoms with E-state index in [-0.39, 0.29) is 11.0 Å². The van der Waals surface area contributed by atoms with E-state index in [0.717, 1.165) is 51.9 Å². The second-order valence-electron chi connectivity index (χ2n) is 6.29. The SMILES string of the molecule is COC1(C)CCCN(C(=O)C2(C)CCNCC2)C1. The highest BCUT2D eigenvalue weighted by Gasteiger charge is 2.41. The van der Waals surface area contributed by atoms with Crippen LogP contribution in [0.1, 0.15) is 39.5 Å². The van der Waals surface area contributed by atoms with Gasteiger partial charge in [-0.3, -0.25) is 4.79 Å². The minimum absolute atomic E-state index is 0.156. The Hall–Kier alpha value is -0.610. The molecule has 0 saturated carbocycles. The van der Waals surface area contributed by atoms with Gasteiger partial charge in [-0.25, -0.2) is 0 Å². The van der Waals surface area contributed by atoms with E-state index in [1.54, 1.807) is 7.11 Å². The van der Waals surface area contributed by atoms with Crippen LogP contribution in [0.15, 0.2) is 0 Å². The molecule has 0 aromatic rings. The van der Waals surface area contributed by atoms with Gasteiger partial charge in [-0.2, -0.15) is 0 Å². The van der Waals surface area contributed by atoms with Crippen molar-refractivity contribution >= 4 is 5.91 Å². The summed E-state index contributed by atoms with van der Waals surface area (Å²) in [7, 11) is 1.75. The Morgan fingerprint density at radius 1 is 1.22 bits per heavy atom. The monoisotopic (exact) mass is 254 g/mol. The van der Waals surface area contributed by atoms with E-state index in [2.05, 4.69) is 19.2 Å². The number of ether oxygens (including phenoxy) is 1. The lowest BCUT2D eigenvalue weighted by Gasteiger charge is -2.44. The molecule has 1 atom stereocenters. The van der Waals surface area contributed by atoms with Crippen LogP contribution in [-0.2, 0) is 9.53 Å². The Bertz CT molecular complexity index is 313. The highest BCUT2D eigenvalue weighted by molar-refractivity contribution is 5.82. The van der Waals surface area contributed by atoms with Crippen LogP contribution in [0.25, 0.3) is 0 Å². The van der Waals surface area contributed by atoms with Crippen LogP contribution in [0.3, 0.4) is 0 Å². The Labute approximate surface area is 110 Å². The second-order valence-corrected chi connectivity index (χ2v) is 6.29. The molecule has 2 heterocycles. The van der Waals surface area contributed by atoms with E-state index >= 15 is 0 Å². The number of carbonyl (C=O) groups excluding carboxylic acids is 1. The third-order valence-corrected chi connectivity index (χ3v) is 4.66. The Kier molecular flexibility index (Phi) is 3.97. The smallest absolute Gasteiger partial charge is 0.228 e. The molecule has 4 nitrogen and oxygen atoms in total. The lowest BCUT2D eigenvalue weighted by atomic mass is 9.79. The number of carbonyl (C=O) groups is 1. The number of nitrogens with zero attached hydrogens (tertiary/aromatic N) is 1. The summed E-state index contributed by atoms with van der Waals surface area (Å²) in [6.45, 7) is 7.77. The number of amides is 1. The zero-order valence-electron chi connectivity index (χ0n) is 11.9. The molecule has 1 unspecified atom stereocenters. The number of methoxy groups -OCH3 is 1. The van der Waals surface area contributed by atoms with Crippen LogP contribution < -0.4 is 5.32 Å². The number of hydrogen-bond donors (Lipinski definition) is 1. The molecule has 0 aromatic carbocycles. The van der Waals surface area contributed by atoms with Gasteiger partial charge in [-0.1, -0.05) is 6.92 Å². The summed E-state index contributed by atoms with van der Waals surface area (Å²) >= 11 is 0. The van der Waals surface area contributed by atoms with E-state index in [4.69, 9.17) is 4.74 Å². The number of rotatable bonds is 2. The third-order valence-electron chi connectivity index (χ3n) is 4.66. The summed E-state index contributed by atoms with van der Waals surface area (Å²) in [5.74, 6) is 0.326. The van der Waals surface area contributed by atoms with Gasteiger partial charge in [-0.05, 0) is 45.7 Å². The molecule has 0 aromatic heterocycles. The van der Waals surface area contributed by atoms with Crippen LogP contribution in [0.2, 0.25) is 0 Å². The topological polar surface area (TPSA) is 41.6 Å². The summed E-state index contributed by atoms with van der Waals surface area (Å²) in [6, 6.07) is 0. The summed E-state index contributed by atoms with van der Waals surface area (Å²) in [6.07, 6.45) is 3.99. The molecule has 2 aliphatic heterocycles. The molecule has 4 heteroatoms. The fraction of sp³-hybridized carbons (Fsp3) is 0.929. The molecule has 0 spiro atoms. The van der Waals surface area contributed by atoms with Gasteiger partial charge in [0.1, 0.15) is 0 Å². The summed E-state index contributed by atoms with van der Waals surface area (Å²) in [4.78, 5) is 14.7. The van der Waals surface area contributed by atoms with Crippen molar-refractivity contribution in [2.75, 3.05) is 33.3 Å².